The molecule has 0 N–H and O–H groups in total. The second-order valence-electron chi connectivity index (χ2n) is 9.22. The third kappa shape index (κ3) is 5.07. The summed E-state index contributed by atoms with van der Waals surface area (Å²) in [5.74, 6) is -84.9. The van der Waals surface area contributed by atoms with Crippen LogP contribution in [0.3, 0.4) is 0 Å². The molecule has 46 heavy (non-hydrogen) atoms. The van der Waals surface area contributed by atoms with E-state index in [4.69, 9.17) is 0 Å². The molecule has 0 aliphatic heterocycles. The van der Waals surface area contributed by atoms with Gasteiger partial charge >= 0.3 is 71.6 Å². The summed E-state index contributed by atoms with van der Waals surface area (Å²) in [6.45, 7) is 0.425. The lowest BCUT2D eigenvalue weighted by Crippen LogP contribution is -2.70. The molecule has 270 valence electrons. The summed E-state index contributed by atoms with van der Waals surface area (Å²) in [5, 5.41) is 0. The molecule has 0 amide bonds. The third-order valence-corrected chi connectivity index (χ3v) is 6.18. The Morgan fingerprint density at radius 2 is 0.457 bits per heavy atom. The van der Waals surface area contributed by atoms with Gasteiger partial charge < -0.3 is 0 Å². The highest BCUT2D eigenvalue weighted by Gasteiger charge is 2.93. The molecule has 0 aliphatic carbocycles. The molecular formula is C20H8F26. The fourth-order valence-electron chi connectivity index (χ4n) is 3.21. The Bertz CT molecular complexity index is 1190. The van der Waals surface area contributed by atoms with Crippen LogP contribution in [0.1, 0.15) is 22.3 Å². The topological polar surface area (TPSA) is 0 Å². The first-order valence-electron chi connectivity index (χ1n) is 10.6. The molecule has 1 aromatic carbocycles. The fourth-order valence-corrected chi connectivity index (χ4v) is 3.21. The van der Waals surface area contributed by atoms with Crippen LogP contribution in [0.5, 0.6) is 0 Å². The highest BCUT2D eigenvalue weighted by atomic mass is 19.4. The summed E-state index contributed by atoms with van der Waals surface area (Å²) in [6.07, 6.45) is -16.0. The van der Waals surface area contributed by atoms with Crippen molar-refractivity contribution in [1.29, 1.82) is 0 Å². The molecular weight excluding hydrogens is 734 g/mol. The van der Waals surface area contributed by atoms with Crippen molar-refractivity contribution in [2.75, 3.05) is 0 Å². The average molecular weight is 742 g/mol. The van der Waals surface area contributed by atoms with Crippen LogP contribution < -0.4 is 0 Å². The van der Waals surface area contributed by atoms with E-state index in [0.717, 1.165) is 0 Å². The van der Waals surface area contributed by atoms with Gasteiger partial charge in [-0.2, -0.15) is 114 Å². The largest absolute Gasteiger partial charge is 0.460 e. The summed E-state index contributed by atoms with van der Waals surface area (Å²) < 4.78 is 352. The van der Waals surface area contributed by atoms with Gasteiger partial charge in [-0.1, -0.05) is 0 Å². The molecule has 0 unspecified atom stereocenters. The van der Waals surface area contributed by atoms with Crippen molar-refractivity contribution in [3.05, 3.63) is 34.4 Å². The number of hydrogen-bond acceptors (Lipinski definition) is 0. The molecule has 0 aromatic heterocycles. The molecule has 26 heteroatoms. The zero-order valence-electron chi connectivity index (χ0n) is 21.0. The van der Waals surface area contributed by atoms with Gasteiger partial charge in [0, 0.05) is 11.1 Å². The minimum atomic E-state index is -8.80. The van der Waals surface area contributed by atoms with Crippen LogP contribution in [0.25, 0.3) is 0 Å². The van der Waals surface area contributed by atoms with Crippen LogP contribution in [-0.4, -0.2) is 59.7 Å². The first kappa shape index (κ1) is 41.4. The highest BCUT2D eigenvalue weighted by molar-refractivity contribution is 5.45. The van der Waals surface area contributed by atoms with Crippen molar-refractivity contribution >= 4 is 0 Å². The maximum absolute atomic E-state index is 14.7. The van der Waals surface area contributed by atoms with Crippen LogP contribution >= 0.6 is 0 Å². The number of aryl methyl sites for hydroxylation is 2. The standard InChI is InChI=1S/C20H8F26/c1-5-3-7(9(21,22)11(25,26)13(29,30)15(33,34)17(37,38)19(41,42)43)8(4-6(5)2)10(23,24)12(27,28)14(31,32)16(35,36)18(39,40)20(44,45)46/h3-4H,1-2H3. The lowest BCUT2D eigenvalue weighted by atomic mass is 9.82. The fraction of sp³-hybridized carbons (Fsp3) is 0.700. The zero-order chi connectivity index (χ0) is 37.7. The third-order valence-electron chi connectivity index (χ3n) is 6.18. The van der Waals surface area contributed by atoms with Gasteiger partial charge in [-0.25, -0.2) is 0 Å². The molecule has 0 bridgehead atoms. The normalized spacial score (nSPS) is 16.3. The summed E-state index contributed by atoms with van der Waals surface area (Å²) in [4.78, 5) is 0. The second-order valence-corrected chi connectivity index (χ2v) is 9.22. The Balaban J connectivity index is 4.24. The van der Waals surface area contributed by atoms with Crippen molar-refractivity contribution in [3.8, 4) is 0 Å². The molecule has 0 atom stereocenters. The number of benzene rings is 1. The van der Waals surface area contributed by atoms with Gasteiger partial charge in [-0.15, -0.1) is 0 Å². The van der Waals surface area contributed by atoms with Gasteiger partial charge in [-0.05, 0) is 37.1 Å². The average Bonchev–Trinajstić information content (AvgIpc) is 2.82. The first-order valence-corrected chi connectivity index (χ1v) is 10.6. The summed E-state index contributed by atoms with van der Waals surface area (Å²) >= 11 is 0. The number of halogens is 26. The van der Waals surface area contributed by atoms with Crippen molar-refractivity contribution in [2.45, 2.75) is 85.4 Å². The molecule has 0 spiro atoms. The van der Waals surface area contributed by atoms with E-state index in [-0.39, 0.29) is 13.8 Å². The molecule has 0 saturated heterocycles. The minimum Gasteiger partial charge on any atom is -0.194 e. The van der Waals surface area contributed by atoms with Gasteiger partial charge in [0.1, 0.15) is 0 Å². The van der Waals surface area contributed by atoms with Crippen molar-refractivity contribution < 1.29 is 114 Å². The van der Waals surface area contributed by atoms with E-state index >= 15 is 0 Å². The maximum Gasteiger partial charge on any atom is 0.460 e. The molecule has 0 aliphatic rings. The van der Waals surface area contributed by atoms with Gasteiger partial charge in [-0.3, -0.25) is 0 Å². The van der Waals surface area contributed by atoms with Gasteiger partial charge in [0.2, 0.25) is 0 Å². The molecule has 0 radical (unpaired) electrons. The lowest BCUT2D eigenvalue weighted by molar-refractivity contribution is -0.444. The van der Waals surface area contributed by atoms with E-state index in [1.54, 1.807) is 0 Å². The van der Waals surface area contributed by atoms with Crippen molar-refractivity contribution in [2.24, 2.45) is 0 Å². The number of rotatable bonds is 10. The van der Waals surface area contributed by atoms with Crippen LogP contribution in [0.2, 0.25) is 0 Å². The maximum atomic E-state index is 14.7. The lowest BCUT2D eigenvalue weighted by Gasteiger charge is -2.42. The van der Waals surface area contributed by atoms with E-state index < -0.39 is 106 Å². The Morgan fingerprint density at radius 3 is 0.630 bits per heavy atom. The molecule has 0 nitrogen and oxygen atoms in total. The number of alkyl halides is 26. The highest BCUT2D eigenvalue weighted by Crippen LogP contribution is 2.66. The van der Waals surface area contributed by atoms with Crippen LogP contribution in [0.15, 0.2) is 12.1 Å². The van der Waals surface area contributed by atoms with E-state index in [2.05, 4.69) is 0 Å². The Morgan fingerprint density at radius 1 is 0.283 bits per heavy atom. The molecule has 1 aromatic rings. The van der Waals surface area contributed by atoms with Crippen LogP contribution in [0, 0.1) is 13.8 Å². The van der Waals surface area contributed by atoms with Crippen LogP contribution in [-0.2, 0) is 11.8 Å². The summed E-state index contributed by atoms with van der Waals surface area (Å²) in [7, 11) is 0. The smallest absolute Gasteiger partial charge is 0.194 e. The zero-order valence-corrected chi connectivity index (χ0v) is 21.0. The van der Waals surface area contributed by atoms with E-state index in [1.165, 1.54) is 0 Å². The summed E-state index contributed by atoms with van der Waals surface area (Å²) in [5.41, 5.74) is -10.9. The predicted molar refractivity (Wildman–Crippen MR) is 95.4 cm³/mol. The van der Waals surface area contributed by atoms with Gasteiger partial charge in [0.25, 0.3) is 0 Å². The molecule has 0 heterocycles. The van der Waals surface area contributed by atoms with Gasteiger partial charge in [0.15, 0.2) is 0 Å². The van der Waals surface area contributed by atoms with E-state index in [9.17, 15) is 114 Å². The van der Waals surface area contributed by atoms with Gasteiger partial charge in [0.05, 0.1) is 0 Å². The van der Waals surface area contributed by atoms with Crippen LogP contribution in [0.4, 0.5) is 114 Å². The van der Waals surface area contributed by atoms with E-state index in [0.29, 0.717) is 0 Å². The van der Waals surface area contributed by atoms with Crippen molar-refractivity contribution in [3.63, 3.8) is 0 Å². The monoisotopic (exact) mass is 742 g/mol. The number of hydrogen-bond donors (Lipinski definition) is 0. The molecule has 1 rings (SSSR count). The minimum absolute atomic E-state index is 0.213. The Kier molecular flexibility index (Phi) is 9.41. The second kappa shape index (κ2) is 10.4. The quantitative estimate of drug-likeness (QED) is 0.210. The predicted octanol–water partition coefficient (Wildman–Crippen LogP) is 10.7. The Labute approximate surface area is 235 Å². The summed E-state index contributed by atoms with van der Waals surface area (Å²) in [6, 6.07) is -2.42. The molecule has 0 fully saturated rings. The SMILES string of the molecule is Cc1cc(C(F)(F)C(F)(F)C(F)(F)C(F)(F)C(F)(F)C(F)(F)F)c(C(F)(F)C(F)(F)C(F)(F)C(F)(F)C(F)(F)C(F)(F)F)cc1C. The van der Waals surface area contributed by atoms with E-state index in [1.807, 2.05) is 0 Å². The Hall–Kier alpha value is -2.60. The first-order chi connectivity index (χ1) is 19.5. The van der Waals surface area contributed by atoms with Crippen molar-refractivity contribution in [1.82, 2.24) is 0 Å². The molecule has 0 saturated carbocycles.